The number of para-hydroxylation sites is 1. The van der Waals surface area contributed by atoms with Gasteiger partial charge in [0.2, 0.25) is 0 Å². The summed E-state index contributed by atoms with van der Waals surface area (Å²) in [5.41, 5.74) is 9.76. The van der Waals surface area contributed by atoms with Crippen molar-refractivity contribution in [2.45, 2.75) is 13.2 Å². The number of H-pyrrole nitrogens is 2. The summed E-state index contributed by atoms with van der Waals surface area (Å²) in [6, 6.07) is 28.2. The topological polar surface area (TPSA) is 58.3 Å². The zero-order valence-corrected chi connectivity index (χ0v) is 22.0. The van der Waals surface area contributed by atoms with Crippen LogP contribution in [0.4, 0.5) is 5.69 Å². The zero-order valence-electron chi connectivity index (χ0n) is 21.2. The second-order valence-electron chi connectivity index (χ2n) is 10.00. The molecule has 0 unspecified atom stereocenters. The molecule has 38 heavy (non-hydrogen) atoms. The molecule has 1 saturated heterocycles. The minimum atomic E-state index is 0.0783. The third-order valence-electron chi connectivity index (χ3n) is 7.82. The van der Waals surface area contributed by atoms with Gasteiger partial charge in [0.1, 0.15) is 0 Å². The fourth-order valence-corrected chi connectivity index (χ4v) is 6.65. The summed E-state index contributed by atoms with van der Waals surface area (Å²) in [7, 11) is 0. The van der Waals surface area contributed by atoms with E-state index in [0.717, 1.165) is 48.7 Å². The first kappa shape index (κ1) is 23.3. The fourth-order valence-electron chi connectivity index (χ4n) is 5.90. The van der Waals surface area contributed by atoms with Crippen LogP contribution in [0.1, 0.15) is 10.6 Å². The normalized spacial score (nSPS) is 14.6. The first-order valence-electron chi connectivity index (χ1n) is 13.2. The van der Waals surface area contributed by atoms with Crippen molar-refractivity contribution in [2.75, 3.05) is 31.1 Å². The molecule has 0 radical (unpaired) electrons. The molecule has 0 spiro atoms. The van der Waals surface area contributed by atoms with Crippen molar-refractivity contribution < 1.29 is 5.11 Å². The molecule has 6 aromatic rings. The van der Waals surface area contributed by atoms with Crippen LogP contribution < -0.4 is 4.90 Å². The molecule has 1 fully saturated rings. The van der Waals surface area contributed by atoms with E-state index in [1.165, 1.54) is 44.3 Å². The first-order valence-corrected chi connectivity index (χ1v) is 14.1. The number of rotatable bonds is 6. The van der Waals surface area contributed by atoms with Crippen LogP contribution in [0.15, 0.2) is 90.4 Å². The predicted octanol–water partition coefficient (Wildman–Crippen LogP) is 6.86. The van der Waals surface area contributed by atoms with Gasteiger partial charge in [-0.05, 0) is 52.4 Å². The quantitative estimate of drug-likeness (QED) is 0.226. The largest absolute Gasteiger partial charge is 0.391 e. The molecule has 3 aromatic carbocycles. The van der Waals surface area contributed by atoms with Crippen molar-refractivity contribution in [1.82, 2.24) is 14.9 Å². The van der Waals surface area contributed by atoms with E-state index < -0.39 is 0 Å². The van der Waals surface area contributed by atoms with Gasteiger partial charge in [-0.3, -0.25) is 4.90 Å². The van der Waals surface area contributed by atoms with E-state index >= 15 is 0 Å². The smallest absolute Gasteiger partial charge is 0.0780 e. The number of aliphatic hydroxyl groups is 1. The summed E-state index contributed by atoms with van der Waals surface area (Å²) in [5.74, 6) is 0. The fraction of sp³-hybridized carbons (Fsp3) is 0.188. The van der Waals surface area contributed by atoms with E-state index in [2.05, 4.69) is 98.6 Å². The minimum Gasteiger partial charge on any atom is -0.391 e. The number of aromatic amines is 2. The molecule has 5 nitrogen and oxygen atoms in total. The van der Waals surface area contributed by atoms with Crippen LogP contribution in [0.2, 0.25) is 0 Å². The maximum absolute atomic E-state index is 9.70. The maximum atomic E-state index is 9.70. The van der Waals surface area contributed by atoms with Crippen LogP contribution in [-0.4, -0.2) is 46.2 Å². The number of thiophene rings is 1. The van der Waals surface area contributed by atoms with Crippen LogP contribution >= 0.6 is 11.3 Å². The number of aliphatic hydroxyl groups excluding tert-OH is 1. The Balaban J connectivity index is 1.15. The average Bonchev–Trinajstić information content (AvgIpc) is 3.71. The van der Waals surface area contributed by atoms with Gasteiger partial charge in [0.25, 0.3) is 0 Å². The molecule has 0 saturated carbocycles. The molecule has 6 heteroatoms. The summed E-state index contributed by atoms with van der Waals surface area (Å²) >= 11 is 1.60. The van der Waals surface area contributed by atoms with E-state index in [0.29, 0.717) is 0 Å². The van der Waals surface area contributed by atoms with Gasteiger partial charge in [-0.1, -0.05) is 48.5 Å². The summed E-state index contributed by atoms with van der Waals surface area (Å²) in [4.78, 5) is 13.2. The van der Waals surface area contributed by atoms with Crippen molar-refractivity contribution in [3.63, 3.8) is 0 Å². The number of nitrogens with one attached hydrogen (secondary N) is 2. The Morgan fingerprint density at radius 2 is 1.55 bits per heavy atom. The van der Waals surface area contributed by atoms with Gasteiger partial charge in [-0.25, -0.2) is 0 Å². The van der Waals surface area contributed by atoms with Crippen molar-refractivity contribution in [3.05, 3.63) is 101 Å². The van der Waals surface area contributed by atoms with E-state index in [9.17, 15) is 5.11 Å². The Labute approximate surface area is 226 Å². The molecule has 7 rings (SSSR count). The van der Waals surface area contributed by atoms with Crippen LogP contribution in [0.25, 0.3) is 44.1 Å². The van der Waals surface area contributed by atoms with Crippen LogP contribution in [0.5, 0.6) is 0 Å². The highest BCUT2D eigenvalue weighted by Gasteiger charge is 2.22. The lowest BCUT2D eigenvalue weighted by Gasteiger charge is -2.36. The molecule has 3 N–H and O–H groups in total. The van der Waals surface area contributed by atoms with Crippen molar-refractivity contribution >= 4 is 38.8 Å². The molecular weight excluding hydrogens is 488 g/mol. The lowest BCUT2D eigenvalue weighted by molar-refractivity contribution is 0.248. The number of hydrogen-bond acceptors (Lipinski definition) is 4. The number of anilines is 1. The van der Waals surface area contributed by atoms with Gasteiger partial charge >= 0.3 is 0 Å². The number of hydrogen-bond donors (Lipinski definition) is 3. The molecule has 0 amide bonds. The SMILES string of the molecule is OCc1sccc1-c1ccc(-c2c(CN3CCN(c4cccc5[nH]ccc45)CC3)[nH]c3ccccc23)cc1. The first-order chi connectivity index (χ1) is 18.8. The summed E-state index contributed by atoms with van der Waals surface area (Å²) < 4.78 is 0. The highest BCUT2D eigenvalue weighted by molar-refractivity contribution is 7.10. The van der Waals surface area contributed by atoms with E-state index in [-0.39, 0.29) is 6.61 Å². The monoisotopic (exact) mass is 518 g/mol. The minimum absolute atomic E-state index is 0.0783. The van der Waals surface area contributed by atoms with Gasteiger partial charge in [0, 0.05) is 82.5 Å². The Morgan fingerprint density at radius 3 is 2.39 bits per heavy atom. The summed E-state index contributed by atoms with van der Waals surface area (Å²) in [6.45, 7) is 5.06. The zero-order chi connectivity index (χ0) is 25.5. The van der Waals surface area contributed by atoms with Gasteiger partial charge in [-0.15, -0.1) is 11.3 Å². The van der Waals surface area contributed by atoms with E-state index in [1.54, 1.807) is 11.3 Å². The molecule has 1 aliphatic rings. The third-order valence-corrected chi connectivity index (χ3v) is 8.73. The van der Waals surface area contributed by atoms with Crippen LogP contribution in [0.3, 0.4) is 0 Å². The Hall–Kier alpha value is -3.84. The van der Waals surface area contributed by atoms with Gasteiger partial charge in [0.05, 0.1) is 6.61 Å². The molecule has 190 valence electrons. The van der Waals surface area contributed by atoms with E-state index in [1.807, 2.05) is 11.6 Å². The molecular formula is C32H30N4OS. The number of piperazine rings is 1. The number of aromatic nitrogens is 2. The standard InChI is InChI=1S/C32H30N4OS/c37-21-31-24(13-19-38-31)22-8-10-23(11-9-22)32-26-4-1-2-5-28(26)34-29(32)20-35-15-17-36(18-16-35)30-7-3-6-27-25(30)12-14-33-27/h1-14,19,33-34,37H,15-18,20-21H2. The number of nitrogens with zero attached hydrogens (tertiary/aromatic N) is 2. The highest BCUT2D eigenvalue weighted by Crippen LogP contribution is 2.36. The second kappa shape index (κ2) is 9.80. The van der Waals surface area contributed by atoms with Gasteiger partial charge in [-0.2, -0.15) is 0 Å². The van der Waals surface area contributed by atoms with Crippen LogP contribution in [0, 0.1) is 0 Å². The summed E-state index contributed by atoms with van der Waals surface area (Å²) in [5, 5.41) is 14.3. The molecule has 0 aliphatic carbocycles. The van der Waals surface area contributed by atoms with Gasteiger partial charge in [0.15, 0.2) is 0 Å². The molecule has 1 aliphatic heterocycles. The average molecular weight is 519 g/mol. The second-order valence-corrected chi connectivity index (χ2v) is 11.0. The Kier molecular flexibility index (Phi) is 6.01. The Morgan fingerprint density at radius 1 is 0.763 bits per heavy atom. The lowest BCUT2D eigenvalue weighted by Crippen LogP contribution is -2.46. The van der Waals surface area contributed by atoms with Crippen molar-refractivity contribution in [1.29, 1.82) is 0 Å². The maximum Gasteiger partial charge on any atom is 0.0780 e. The van der Waals surface area contributed by atoms with Crippen LogP contribution in [-0.2, 0) is 13.2 Å². The number of fused-ring (bicyclic) bond motifs is 2. The highest BCUT2D eigenvalue weighted by atomic mass is 32.1. The van der Waals surface area contributed by atoms with Gasteiger partial charge < -0.3 is 20.0 Å². The molecule has 0 atom stereocenters. The third kappa shape index (κ3) is 4.11. The summed E-state index contributed by atoms with van der Waals surface area (Å²) in [6.07, 6.45) is 2.03. The molecule has 4 heterocycles. The van der Waals surface area contributed by atoms with Crippen molar-refractivity contribution in [2.24, 2.45) is 0 Å². The molecule has 0 bridgehead atoms. The number of benzene rings is 3. The predicted molar refractivity (Wildman–Crippen MR) is 159 cm³/mol. The van der Waals surface area contributed by atoms with E-state index in [4.69, 9.17) is 0 Å². The lowest BCUT2D eigenvalue weighted by atomic mass is 9.98. The van der Waals surface area contributed by atoms with Crippen molar-refractivity contribution in [3.8, 4) is 22.3 Å². The molecule has 3 aromatic heterocycles. The Bertz CT molecular complexity index is 1700.